The number of amides is 1. The molecule has 0 bridgehead atoms. The summed E-state index contributed by atoms with van der Waals surface area (Å²) in [5, 5.41) is 6.37. The van der Waals surface area contributed by atoms with Crippen molar-refractivity contribution in [2.24, 2.45) is 5.92 Å². The number of carbonyl (C=O) groups is 2. The molecule has 2 aliphatic rings. The lowest BCUT2D eigenvalue weighted by Crippen LogP contribution is -2.51. The van der Waals surface area contributed by atoms with Crippen LogP contribution in [0, 0.1) is 12.8 Å². The van der Waals surface area contributed by atoms with Crippen molar-refractivity contribution >= 4 is 34.2 Å². The van der Waals surface area contributed by atoms with Crippen LogP contribution in [0.15, 0.2) is 42.6 Å². The Morgan fingerprint density at radius 2 is 1.89 bits per heavy atom. The van der Waals surface area contributed by atoms with Gasteiger partial charge in [-0.15, -0.1) is 0 Å². The van der Waals surface area contributed by atoms with Gasteiger partial charge in [-0.25, -0.2) is 0 Å². The number of likely N-dealkylation sites (tertiary alicyclic amines) is 1. The number of ketones is 1. The Bertz CT molecular complexity index is 1230. The summed E-state index contributed by atoms with van der Waals surface area (Å²) < 4.78 is 7.94. The molecule has 1 saturated heterocycles. The second-order valence-corrected chi connectivity index (χ2v) is 10.5. The van der Waals surface area contributed by atoms with E-state index in [9.17, 15) is 9.59 Å². The molecule has 1 amide bonds. The summed E-state index contributed by atoms with van der Waals surface area (Å²) in [5.74, 6) is 0.561. The smallest absolute Gasteiger partial charge is 0.253 e. The summed E-state index contributed by atoms with van der Waals surface area (Å²) >= 11 is 5.92. The minimum atomic E-state index is 0.0370. The van der Waals surface area contributed by atoms with E-state index in [1.54, 1.807) is 24.3 Å². The third kappa shape index (κ3) is 5.29. The molecule has 2 fully saturated rings. The molecule has 1 aromatic heterocycles. The summed E-state index contributed by atoms with van der Waals surface area (Å²) in [5.41, 5.74) is 3.32. The van der Waals surface area contributed by atoms with Crippen LogP contribution in [0.4, 0.5) is 0 Å². The van der Waals surface area contributed by atoms with Crippen LogP contribution < -0.4 is 0 Å². The standard InChI is InChI=1S/C28H32ClN3O3/c1-18(35-23-4-3-5-23)6-13-27(33)24-11-12-26-25(19(24)2)17-32(30-26)16-20-14-31(15-20)28(34)21-7-9-22(29)10-8-21/h7-12,17-18,20,23H,3-6,13-16H2,1-2H3/t18-/m1/s1. The highest BCUT2D eigenvalue weighted by Gasteiger charge is 2.31. The predicted molar refractivity (Wildman–Crippen MR) is 137 cm³/mol. The summed E-state index contributed by atoms with van der Waals surface area (Å²) in [6.45, 7) is 6.24. The minimum absolute atomic E-state index is 0.0370. The Morgan fingerprint density at radius 3 is 2.57 bits per heavy atom. The Morgan fingerprint density at radius 1 is 1.14 bits per heavy atom. The van der Waals surface area contributed by atoms with Crippen LogP contribution in [-0.4, -0.2) is 51.7 Å². The average molecular weight is 494 g/mol. The van der Waals surface area contributed by atoms with Gasteiger partial charge in [-0.3, -0.25) is 14.3 Å². The van der Waals surface area contributed by atoms with Gasteiger partial charge in [0.15, 0.2) is 5.78 Å². The molecule has 0 N–H and O–H groups in total. The van der Waals surface area contributed by atoms with Gasteiger partial charge in [-0.2, -0.15) is 5.10 Å². The monoisotopic (exact) mass is 493 g/mol. The minimum Gasteiger partial charge on any atom is -0.375 e. The summed E-state index contributed by atoms with van der Waals surface area (Å²) in [4.78, 5) is 27.4. The van der Waals surface area contributed by atoms with E-state index in [0.717, 1.165) is 47.8 Å². The summed E-state index contributed by atoms with van der Waals surface area (Å²) in [7, 11) is 0. The van der Waals surface area contributed by atoms with E-state index in [1.165, 1.54) is 6.42 Å². The van der Waals surface area contributed by atoms with Crippen LogP contribution in [0.5, 0.6) is 0 Å². The third-order valence-electron chi connectivity index (χ3n) is 7.34. The molecule has 35 heavy (non-hydrogen) atoms. The topological polar surface area (TPSA) is 64.4 Å². The maximum Gasteiger partial charge on any atom is 0.253 e. The first-order valence-corrected chi connectivity index (χ1v) is 13.0. The van der Waals surface area contributed by atoms with Gasteiger partial charge in [0, 0.05) is 59.7 Å². The number of nitrogens with zero attached hydrogens (tertiary/aromatic N) is 3. The number of rotatable bonds is 9. The number of halogens is 1. The predicted octanol–water partition coefficient (Wildman–Crippen LogP) is 5.69. The van der Waals surface area contributed by atoms with Gasteiger partial charge in [0.05, 0.1) is 17.7 Å². The number of fused-ring (bicyclic) bond motifs is 1. The molecule has 0 unspecified atom stereocenters. The lowest BCUT2D eigenvalue weighted by atomic mass is 9.95. The second-order valence-electron chi connectivity index (χ2n) is 10.1. The van der Waals surface area contributed by atoms with Crippen LogP contribution in [0.1, 0.15) is 65.3 Å². The van der Waals surface area contributed by atoms with E-state index >= 15 is 0 Å². The Kier molecular flexibility index (Phi) is 6.94. The van der Waals surface area contributed by atoms with E-state index in [0.29, 0.717) is 42.1 Å². The summed E-state index contributed by atoms with van der Waals surface area (Å²) in [6, 6.07) is 10.9. The van der Waals surface area contributed by atoms with E-state index in [1.807, 2.05) is 34.8 Å². The molecule has 6 nitrogen and oxygen atoms in total. The summed E-state index contributed by atoms with van der Waals surface area (Å²) in [6.07, 6.45) is 7.34. The molecule has 1 aliphatic carbocycles. The van der Waals surface area contributed by atoms with Crippen molar-refractivity contribution in [1.29, 1.82) is 0 Å². The van der Waals surface area contributed by atoms with Crippen molar-refractivity contribution in [3.05, 3.63) is 64.3 Å². The molecular formula is C28H32ClN3O3. The number of aromatic nitrogens is 2. The molecule has 0 radical (unpaired) electrons. The Hall–Kier alpha value is -2.70. The maximum atomic E-state index is 12.9. The first-order valence-electron chi connectivity index (χ1n) is 12.6. The fourth-order valence-electron chi connectivity index (χ4n) is 4.94. The maximum absolute atomic E-state index is 12.9. The molecule has 1 atom stereocenters. The van der Waals surface area contributed by atoms with Crippen LogP contribution in [0.2, 0.25) is 5.02 Å². The number of carbonyl (C=O) groups excluding carboxylic acids is 2. The van der Waals surface area contributed by atoms with E-state index in [2.05, 4.69) is 6.92 Å². The molecule has 0 spiro atoms. The molecule has 2 heterocycles. The Labute approximate surface area is 211 Å². The lowest BCUT2D eigenvalue weighted by molar-refractivity contribution is -0.0458. The van der Waals surface area contributed by atoms with Crippen molar-refractivity contribution in [2.45, 2.75) is 64.7 Å². The van der Waals surface area contributed by atoms with E-state index < -0.39 is 0 Å². The lowest BCUT2D eigenvalue weighted by Gasteiger charge is -2.39. The average Bonchev–Trinajstić information content (AvgIpc) is 3.21. The van der Waals surface area contributed by atoms with Gasteiger partial charge in [0.1, 0.15) is 0 Å². The fourth-order valence-corrected chi connectivity index (χ4v) is 5.07. The highest BCUT2D eigenvalue weighted by atomic mass is 35.5. The number of ether oxygens (including phenoxy) is 1. The van der Waals surface area contributed by atoms with Gasteiger partial charge in [0.25, 0.3) is 5.91 Å². The van der Waals surface area contributed by atoms with Crippen molar-refractivity contribution in [1.82, 2.24) is 14.7 Å². The van der Waals surface area contributed by atoms with Gasteiger partial charge in [-0.05, 0) is 81.5 Å². The first kappa shape index (κ1) is 24.0. The van der Waals surface area contributed by atoms with Crippen molar-refractivity contribution in [3.8, 4) is 0 Å². The van der Waals surface area contributed by atoms with Gasteiger partial charge in [0.2, 0.25) is 0 Å². The molecule has 1 aliphatic heterocycles. The molecule has 7 heteroatoms. The molecule has 1 saturated carbocycles. The quantitative estimate of drug-likeness (QED) is 0.359. The fraction of sp³-hybridized carbons (Fsp3) is 0.464. The number of benzene rings is 2. The van der Waals surface area contributed by atoms with Gasteiger partial charge < -0.3 is 9.64 Å². The first-order chi connectivity index (χ1) is 16.9. The zero-order chi connectivity index (χ0) is 24.5. The SMILES string of the molecule is Cc1c(C(=O)CC[C@@H](C)OC2CCC2)ccc2nn(CC3CN(C(=O)c4ccc(Cl)cc4)C3)cc12. The van der Waals surface area contributed by atoms with Gasteiger partial charge in [-0.1, -0.05) is 11.6 Å². The molecular weight excluding hydrogens is 462 g/mol. The highest BCUT2D eigenvalue weighted by Crippen LogP contribution is 2.27. The van der Waals surface area contributed by atoms with E-state index in [-0.39, 0.29) is 17.8 Å². The van der Waals surface area contributed by atoms with Crippen molar-refractivity contribution in [3.63, 3.8) is 0 Å². The van der Waals surface area contributed by atoms with Crippen LogP contribution in [0.3, 0.4) is 0 Å². The Balaban J connectivity index is 1.17. The molecule has 184 valence electrons. The zero-order valence-electron chi connectivity index (χ0n) is 20.4. The number of aryl methyl sites for hydroxylation is 1. The van der Waals surface area contributed by atoms with Crippen LogP contribution in [-0.2, 0) is 11.3 Å². The normalized spacial score (nSPS) is 17.3. The van der Waals surface area contributed by atoms with Crippen LogP contribution >= 0.6 is 11.6 Å². The van der Waals surface area contributed by atoms with Crippen LogP contribution in [0.25, 0.3) is 10.9 Å². The van der Waals surface area contributed by atoms with Gasteiger partial charge >= 0.3 is 0 Å². The molecule has 2 aromatic carbocycles. The van der Waals surface area contributed by atoms with Crippen molar-refractivity contribution in [2.75, 3.05) is 13.1 Å². The number of Topliss-reactive ketones (excluding diaryl/α,β-unsaturated/α-hetero) is 1. The number of hydrogen-bond acceptors (Lipinski definition) is 4. The zero-order valence-corrected chi connectivity index (χ0v) is 21.1. The second kappa shape index (κ2) is 10.1. The largest absolute Gasteiger partial charge is 0.375 e. The van der Waals surface area contributed by atoms with Crippen molar-refractivity contribution < 1.29 is 14.3 Å². The molecule has 3 aromatic rings. The molecule has 5 rings (SSSR count). The number of hydrogen-bond donors (Lipinski definition) is 0. The highest BCUT2D eigenvalue weighted by molar-refractivity contribution is 6.30. The van der Waals surface area contributed by atoms with E-state index in [4.69, 9.17) is 21.4 Å². The third-order valence-corrected chi connectivity index (χ3v) is 7.59.